The lowest BCUT2D eigenvalue weighted by atomic mass is 9.96. The van der Waals surface area contributed by atoms with E-state index in [9.17, 15) is 4.79 Å². The zero-order valence-electron chi connectivity index (χ0n) is 18.3. The SMILES string of the molecule is CCOC(=O)COc1ccc([C@H]2CC[C@@H](N[C@H](C)c3cccc4ccccc34)C2)cc1. The summed E-state index contributed by atoms with van der Waals surface area (Å²) in [6.45, 7) is 4.38. The summed E-state index contributed by atoms with van der Waals surface area (Å²) < 4.78 is 10.4. The van der Waals surface area contributed by atoms with Crippen LogP contribution in [0.25, 0.3) is 10.8 Å². The molecule has 0 bridgehead atoms. The molecule has 1 aliphatic rings. The van der Waals surface area contributed by atoms with Crippen LogP contribution in [0.4, 0.5) is 0 Å². The number of rotatable bonds is 8. The van der Waals surface area contributed by atoms with E-state index in [0.29, 0.717) is 30.4 Å². The summed E-state index contributed by atoms with van der Waals surface area (Å²) in [6, 6.07) is 24.2. The second-order valence-corrected chi connectivity index (χ2v) is 8.33. The number of hydrogen-bond donors (Lipinski definition) is 1. The van der Waals surface area contributed by atoms with Crippen LogP contribution in [0.5, 0.6) is 5.75 Å². The number of benzene rings is 3. The normalized spacial score (nSPS) is 19.3. The molecule has 1 saturated carbocycles. The van der Waals surface area contributed by atoms with Crippen LogP contribution in [0.2, 0.25) is 0 Å². The Hall–Kier alpha value is -2.85. The van der Waals surface area contributed by atoms with Crippen LogP contribution in [0.1, 0.15) is 56.2 Å². The van der Waals surface area contributed by atoms with Gasteiger partial charge in [0.25, 0.3) is 0 Å². The van der Waals surface area contributed by atoms with Crippen LogP contribution in [-0.4, -0.2) is 25.2 Å². The Kier molecular flexibility index (Phi) is 6.88. The van der Waals surface area contributed by atoms with Crippen molar-refractivity contribution in [2.45, 2.75) is 51.1 Å². The van der Waals surface area contributed by atoms with Gasteiger partial charge in [-0.05, 0) is 73.1 Å². The molecule has 0 spiro atoms. The molecule has 3 aromatic rings. The van der Waals surface area contributed by atoms with E-state index in [-0.39, 0.29) is 12.6 Å². The zero-order valence-corrected chi connectivity index (χ0v) is 18.3. The van der Waals surface area contributed by atoms with Crippen molar-refractivity contribution >= 4 is 16.7 Å². The molecule has 162 valence electrons. The van der Waals surface area contributed by atoms with Gasteiger partial charge in [0, 0.05) is 12.1 Å². The lowest BCUT2D eigenvalue weighted by Gasteiger charge is -2.21. The number of ether oxygens (including phenoxy) is 2. The molecule has 4 nitrogen and oxygen atoms in total. The van der Waals surface area contributed by atoms with E-state index in [2.05, 4.69) is 66.8 Å². The molecular formula is C27H31NO3. The third-order valence-electron chi connectivity index (χ3n) is 6.22. The second-order valence-electron chi connectivity index (χ2n) is 8.33. The summed E-state index contributed by atoms with van der Waals surface area (Å²) in [5, 5.41) is 6.49. The van der Waals surface area contributed by atoms with Crippen molar-refractivity contribution in [3.05, 3.63) is 77.9 Å². The molecule has 4 heteroatoms. The number of hydrogen-bond acceptors (Lipinski definition) is 4. The molecular weight excluding hydrogens is 386 g/mol. The fraction of sp³-hybridized carbons (Fsp3) is 0.370. The number of nitrogens with one attached hydrogen (secondary N) is 1. The lowest BCUT2D eigenvalue weighted by molar-refractivity contribution is -0.145. The summed E-state index contributed by atoms with van der Waals surface area (Å²) in [6.07, 6.45) is 3.50. The second kappa shape index (κ2) is 9.97. The van der Waals surface area contributed by atoms with Gasteiger partial charge in [-0.2, -0.15) is 0 Å². The molecule has 0 amide bonds. The maximum absolute atomic E-state index is 11.4. The minimum absolute atomic E-state index is 0.0470. The summed E-state index contributed by atoms with van der Waals surface area (Å²) in [5.74, 6) is 0.918. The van der Waals surface area contributed by atoms with Crippen molar-refractivity contribution in [3.8, 4) is 5.75 Å². The van der Waals surface area contributed by atoms with Crippen molar-refractivity contribution in [2.75, 3.05) is 13.2 Å². The maximum atomic E-state index is 11.4. The van der Waals surface area contributed by atoms with Crippen LogP contribution in [-0.2, 0) is 9.53 Å². The van der Waals surface area contributed by atoms with Crippen LogP contribution in [0, 0.1) is 0 Å². The lowest BCUT2D eigenvalue weighted by Crippen LogP contribution is -2.29. The van der Waals surface area contributed by atoms with E-state index in [4.69, 9.17) is 9.47 Å². The van der Waals surface area contributed by atoms with Crippen LogP contribution in [0.15, 0.2) is 66.7 Å². The zero-order chi connectivity index (χ0) is 21.6. The van der Waals surface area contributed by atoms with Gasteiger partial charge >= 0.3 is 5.97 Å². The van der Waals surface area contributed by atoms with E-state index >= 15 is 0 Å². The summed E-state index contributed by atoms with van der Waals surface area (Å²) in [5.41, 5.74) is 2.70. The first-order valence-electron chi connectivity index (χ1n) is 11.3. The molecule has 3 aromatic carbocycles. The number of carbonyl (C=O) groups is 1. The molecule has 0 heterocycles. The first-order valence-corrected chi connectivity index (χ1v) is 11.3. The highest BCUT2D eigenvalue weighted by Crippen LogP contribution is 2.36. The highest BCUT2D eigenvalue weighted by molar-refractivity contribution is 5.86. The van der Waals surface area contributed by atoms with Crippen molar-refractivity contribution in [3.63, 3.8) is 0 Å². The van der Waals surface area contributed by atoms with Crippen molar-refractivity contribution in [1.82, 2.24) is 5.32 Å². The van der Waals surface area contributed by atoms with Gasteiger partial charge in [0.1, 0.15) is 5.75 Å². The monoisotopic (exact) mass is 417 g/mol. The van der Waals surface area contributed by atoms with E-state index in [0.717, 1.165) is 6.42 Å². The molecule has 1 fully saturated rings. The maximum Gasteiger partial charge on any atom is 0.344 e. The van der Waals surface area contributed by atoms with E-state index in [1.54, 1.807) is 6.92 Å². The van der Waals surface area contributed by atoms with Gasteiger partial charge in [0.05, 0.1) is 6.61 Å². The van der Waals surface area contributed by atoms with Gasteiger partial charge in [0.2, 0.25) is 0 Å². The van der Waals surface area contributed by atoms with E-state index in [1.165, 1.54) is 34.7 Å². The largest absolute Gasteiger partial charge is 0.482 e. The minimum Gasteiger partial charge on any atom is -0.482 e. The molecule has 1 N–H and O–H groups in total. The molecule has 0 aromatic heterocycles. The van der Waals surface area contributed by atoms with Gasteiger partial charge in [-0.1, -0.05) is 54.6 Å². The van der Waals surface area contributed by atoms with Gasteiger partial charge in [-0.3, -0.25) is 0 Å². The Balaban J connectivity index is 1.33. The predicted molar refractivity (Wildman–Crippen MR) is 124 cm³/mol. The van der Waals surface area contributed by atoms with E-state index in [1.807, 2.05) is 12.1 Å². The number of esters is 1. The summed E-state index contributed by atoms with van der Waals surface area (Å²) in [7, 11) is 0. The molecule has 0 unspecified atom stereocenters. The Morgan fingerprint density at radius 1 is 1.03 bits per heavy atom. The van der Waals surface area contributed by atoms with Gasteiger partial charge < -0.3 is 14.8 Å². The Morgan fingerprint density at radius 2 is 1.81 bits per heavy atom. The molecule has 3 atom stereocenters. The molecule has 0 saturated heterocycles. The summed E-state index contributed by atoms with van der Waals surface area (Å²) >= 11 is 0. The molecule has 4 rings (SSSR count). The van der Waals surface area contributed by atoms with E-state index < -0.39 is 0 Å². The van der Waals surface area contributed by atoms with Crippen LogP contribution < -0.4 is 10.1 Å². The molecule has 0 radical (unpaired) electrons. The van der Waals surface area contributed by atoms with Gasteiger partial charge in [0.15, 0.2) is 6.61 Å². The van der Waals surface area contributed by atoms with Crippen LogP contribution >= 0.6 is 0 Å². The molecule has 1 aliphatic carbocycles. The van der Waals surface area contributed by atoms with Gasteiger partial charge in [-0.25, -0.2) is 4.79 Å². The fourth-order valence-corrected chi connectivity index (χ4v) is 4.69. The average Bonchev–Trinajstić information content (AvgIpc) is 3.26. The minimum atomic E-state index is -0.336. The number of carbonyl (C=O) groups excluding carboxylic acids is 1. The van der Waals surface area contributed by atoms with Gasteiger partial charge in [-0.15, -0.1) is 0 Å². The highest BCUT2D eigenvalue weighted by atomic mass is 16.6. The third kappa shape index (κ3) is 5.26. The van der Waals surface area contributed by atoms with Crippen LogP contribution in [0.3, 0.4) is 0 Å². The Bertz CT molecular complexity index is 1010. The molecule has 31 heavy (non-hydrogen) atoms. The average molecular weight is 418 g/mol. The molecule has 0 aliphatic heterocycles. The number of fused-ring (bicyclic) bond motifs is 1. The van der Waals surface area contributed by atoms with Crippen molar-refractivity contribution in [2.24, 2.45) is 0 Å². The van der Waals surface area contributed by atoms with Crippen molar-refractivity contribution in [1.29, 1.82) is 0 Å². The quantitative estimate of drug-likeness (QED) is 0.473. The summed E-state index contributed by atoms with van der Waals surface area (Å²) in [4.78, 5) is 11.4. The van der Waals surface area contributed by atoms with Crippen molar-refractivity contribution < 1.29 is 14.3 Å². The first-order chi connectivity index (χ1) is 15.1. The Morgan fingerprint density at radius 3 is 2.61 bits per heavy atom. The topological polar surface area (TPSA) is 47.6 Å². The first kappa shape index (κ1) is 21.4. The predicted octanol–water partition coefficient (Wildman–Crippen LogP) is 5.77. The smallest absolute Gasteiger partial charge is 0.344 e. The standard InChI is InChI=1S/C27H31NO3/c1-3-30-27(29)18-31-24-15-12-20(13-16-24)22-11-14-23(17-22)28-19(2)25-10-6-8-21-7-4-5-9-26(21)25/h4-10,12-13,15-16,19,22-23,28H,3,11,14,17-18H2,1-2H3/t19-,22+,23-/m1/s1. The highest BCUT2D eigenvalue weighted by Gasteiger charge is 2.27. The third-order valence-corrected chi connectivity index (χ3v) is 6.22. The Labute approximate surface area is 184 Å². The fourth-order valence-electron chi connectivity index (χ4n) is 4.69.